The zero-order valence-electron chi connectivity index (χ0n) is 11.4. The van der Waals surface area contributed by atoms with Crippen LogP contribution in [-0.2, 0) is 0 Å². The maximum Gasteiger partial charge on any atom is 0.122 e. The number of alkyl halides is 1. The molecule has 1 aliphatic rings. The number of rotatable bonds is 5. The molecule has 1 aromatic carbocycles. The standard InChI is InChI=1S/C16H23BrO/c1-12(2)15(17)8-5-6-13-10-11-18-16-9-4-3-7-14(13)16/h3-4,7,9,12-13,15H,5-6,8,10-11H2,1-2H3. The average Bonchev–Trinajstić information content (AvgIpc) is 2.38. The lowest BCUT2D eigenvalue weighted by molar-refractivity contribution is 0.261. The summed E-state index contributed by atoms with van der Waals surface area (Å²) in [5, 5.41) is 0. The Kier molecular flexibility index (Phi) is 5.11. The number of para-hydroxylation sites is 1. The Bertz CT molecular complexity index is 375. The van der Waals surface area contributed by atoms with Crippen LogP contribution in [0.3, 0.4) is 0 Å². The van der Waals surface area contributed by atoms with Crippen LogP contribution in [0.2, 0.25) is 0 Å². The van der Waals surface area contributed by atoms with Crippen LogP contribution >= 0.6 is 15.9 Å². The maximum atomic E-state index is 5.71. The highest BCUT2D eigenvalue weighted by atomic mass is 79.9. The van der Waals surface area contributed by atoms with E-state index in [9.17, 15) is 0 Å². The van der Waals surface area contributed by atoms with Gasteiger partial charge in [-0.25, -0.2) is 0 Å². The van der Waals surface area contributed by atoms with Crippen LogP contribution in [-0.4, -0.2) is 11.4 Å². The average molecular weight is 311 g/mol. The minimum atomic E-state index is 0.660. The number of ether oxygens (including phenoxy) is 1. The first-order chi connectivity index (χ1) is 8.68. The number of halogens is 1. The lowest BCUT2D eigenvalue weighted by Crippen LogP contribution is -2.15. The molecular weight excluding hydrogens is 288 g/mol. The van der Waals surface area contributed by atoms with Gasteiger partial charge in [-0.3, -0.25) is 0 Å². The van der Waals surface area contributed by atoms with Gasteiger partial charge < -0.3 is 4.74 Å². The third kappa shape index (κ3) is 3.50. The quantitative estimate of drug-likeness (QED) is 0.684. The predicted molar refractivity (Wildman–Crippen MR) is 80.7 cm³/mol. The van der Waals surface area contributed by atoms with Gasteiger partial charge in [-0.05, 0) is 42.7 Å². The summed E-state index contributed by atoms with van der Waals surface area (Å²) in [6, 6.07) is 8.52. The van der Waals surface area contributed by atoms with E-state index >= 15 is 0 Å². The van der Waals surface area contributed by atoms with E-state index in [1.54, 1.807) is 0 Å². The fourth-order valence-electron chi connectivity index (χ4n) is 2.61. The van der Waals surface area contributed by atoms with Crippen molar-refractivity contribution in [3.8, 4) is 5.75 Å². The molecule has 0 N–H and O–H groups in total. The van der Waals surface area contributed by atoms with Crippen molar-refractivity contribution in [3.05, 3.63) is 29.8 Å². The van der Waals surface area contributed by atoms with Gasteiger partial charge in [0.25, 0.3) is 0 Å². The molecule has 1 aliphatic heterocycles. The molecule has 0 spiro atoms. The number of benzene rings is 1. The van der Waals surface area contributed by atoms with Gasteiger partial charge >= 0.3 is 0 Å². The van der Waals surface area contributed by atoms with E-state index in [2.05, 4.69) is 54.0 Å². The monoisotopic (exact) mass is 310 g/mol. The fraction of sp³-hybridized carbons (Fsp3) is 0.625. The van der Waals surface area contributed by atoms with E-state index in [4.69, 9.17) is 4.74 Å². The van der Waals surface area contributed by atoms with Crippen LogP contribution in [0.4, 0.5) is 0 Å². The van der Waals surface area contributed by atoms with Gasteiger partial charge in [0.2, 0.25) is 0 Å². The first-order valence-electron chi connectivity index (χ1n) is 7.04. The zero-order valence-corrected chi connectivity index (χ0v) is 12.9. The molecule has 1 heterocycles. The Morgan fingerprint density at radius 1 is 1.33 bits per heavy atom. The highest BCUT2D eigenvalue weighted by molar-refractivity contribution is 9.09. The molecule has 0 saturated heterocycles. The molecule has 0 fully saturated rings. The minimum Gasteiger partial charge on any atom is -0.493 e. The van der Waals surface area contributed by atoms with Gasteiger partial charge in [0.15, 0.2) is 0 Å². The normalized spacial score (nSPS) is 20.3. The van der Waals surface area contributed by atoms with Gasteiger partial charge in [-0.2, -0.15) is 0 Å². The fourth-order valence-corrected chi connectivity index (χ4v) is 2.93. The van der Waals surface area contributed by atoms with Crippen molar-refractivity contribution in [2.45, 2.75) is 50.3 Å². The third-order valence-corrected chi connectivity index (χ3v) is 5.35. The van der Waals surface area contributed by atoms with E-state index in [-0.39, 0.29) is 0 Å². The second-order valence-corrected chi connectivity index (χ2v) is 6.74. The van der Waals surface area contributed by atoms with Crippen molar-refractivity contribution in [1.82, 2.24) is 0 Å². The van der Waals surface area contributed by atoms with Crippen LogP contribution in [0.5, 0.6) is 5.75 Å². The van der Waals surface area contributed by atoms with E-state index in [1.165, 1.54) is 31.2 Å². The number of hydrogen-bond donors (Lipinski definition) is 0. The van der Waals surface area contributed by atoms with E-state index < -0.39 is 0 Å². The molecule has 100 valence electrons. The van der Waals surface area contributed by atoms with Gasteiger partial charge in [-0.1, -0.05) is 54.4 Å². The molecule has 0 aliphatic carbocycles. The summed E-state index contributed by atoms with van der Waals surface area (Å²) in [5.74, 6) is 2.53. The van der Waals surface area contributed by atoms with Crippen molar-refractivity contribution >= 4 is 15.9 Å². The SMILES string of the molecule is CC(C)C(Br)CCCC1CCOc2ccccc21. The lowest BCUT2D eigenvalue weighted by Gasteiger charge is -2.26. The third-order valence-electron chi connectivity index (χ3n) is 3.84. The number of fused-ring (bicyclic) bond motifs is 1. The van der Waals surface area contributed by atoms with Gasteiger partial charge in [0.1, 0.15) is 5.75 Å². The minimum absolute atomic E-state index is 0.660. The molecule has 0 aromatic heterocycles. The molecule has 18 heavy (non-hydrogen) atoms. The molecule has 2 rings (SSSR count). The van der Waals surface area contributed by atoms with Gasteiger partial charge in [0, 0.05) is 4.83 Å². The molecule has 0 saturated carbocycles. The molecule has 0 radical (unpaired) electrons. The van der Waals surface area contributed by atoms with Gasteiger partial charge in [0.05, 0.1) is 6.61 Å². The molecule has 0 bridgehead atoms. The lowest BCUT2D eigenvalue weighted by atomic mass is 9.88. The highest BCUT2D eigenvalue weighted by Crippen LogP contribution is 2.36. The topological polar surface area (TPSA) is 9.23 Å². The van der Waals surface area contributed by atoms with E-state index in [0.29, 0.717) is 10.7 Å². The van der Waals surface area contributed by atoms with Crippen LogP contribution in [0.25, 0.3) is 0 Å². The van der Waals surface area contributed by atoms with Crippen LogP contribution in [0.15, 0.2) is 24.3 Å². The summed E-state index contributed by atoms with van der Waals surface area (Å²) >= 11 is 3.77. The summed E-state index contributed by atoms with van der Waals surface area (Å²) in [6.07, 6.45) is 5.03. The zero-order chi connectivity index (χ0) is 13.0. The van der Waals surface area contributed by atoms with E-state index in [1.807, 2.05) is 0 Å². The van der Waals surface area contributed by atoms with Crippen molar-refractivity contribution in [2.24, 2.45) is 5.92 Å². The Hall–Kier alpha value is -0.500. The summed E-state index contributed by atoms with van der Waals surface area (Å²) in [6.45, 7) is 5.44. The molecule has 0 amide bonds. The summed E-state index contributed by atoms with van der Waals surface area (Å²) in [5.41, 5.74) is 1.42. The summed E-state index contributed by atoms with van der Waals surface area (Å²) < 4.78 is 5.71. The number of hydrogen-bond acceptors (Lipinski definition) is 1. The molecule has 2 atom stereocenters. The molecular formula is C16H23BrO. The first kappa shape index (κ1) is 13.9. The maximum absolute atomic E-state index is 5.71. The molecule has 2 heteroatoms. The molecule has 1 nitrogen and oxygen atoms in total. The Morgan fingerprint density at radius 2 is 2.11 bits per heavy atom. The second kappa shape index (κ2) is 6.60. The predicted octanol–water partition coefficient (Wildman–Crippen LogP) is 5.14. The molecule has 2 unspecified atom stereocenters. The van der Waals surface area contributed by atoms with Crippen molar-refractivity contribution in [3.63, 3.8) is 0 Å². The Morgan fingerprint density at radius 3 is 2.89 bits per heavy atom. The van der Waals surface area contributed by atoms with Gasteiger partial charge in [-0.15, -0.1) is 0 Å². The largest absolute Gasteiger partial charge is 0.493 e. The summed E-state index contributed by atoms with van der Waals surface area (Å²) in [4.78, 5) is 0.660. The van der Waals surface area contributed by atoms with Crippen molar-refractivity contribution < 1.29 is 4.74 Å². The Balaban J connectivity index is 1.88. The van der Waals surface area contributed by atoms with Crippen LogP contribution < -0.4 is 4.74 Å². The first-order valence-corrected chi connectivity index (χ1v) is 7.96. The van der Waals surface area contributed by atoms with Crippen molar-refractivity contribution in [1.29, 1.82) is 0 Å². The summed E-state index contributed by atoms with van der Waals surface area (Å²) in [7, 11) is 0. The van der Waals surface area contributed by atoms with Crippen molar-refractivity contribution in [2.75, 3.05) is 6.61 Å². The van der Waals surface area contributed by atoms with E-state index in [0.717, 1.165) is 18.3 Å². The smallest absolute Gasteiger partial charge is 0.122 e. The highest BCUT2D eigenvalue weighted by Gasteiger charge is 2.21. The van der Waals surface area contributed by atoms with Crippen LogP contribution in [0, 0.1) is 5.92 Å². The molecule has 1 aromatic rings. The second-order valence-electron chi connectivity index (χ2n) is 5.56. The van der Waals surface area contributed by atoms with Crippen LogP contribution in [0.1, 0.15) is 51.0 Å². The Labute approximate surface area is 119 Å².